The summed E-state index contributed by atoms with van der Waals surface area (Å²) < 4.78 is 11.9. The number of hydrogen-bond donors (Lipinski definition) is 1. The standard InChI is InChI=1S/C21H28N2O2/c1-3-18-15-23(20-14-17(22)8-11-21(20)25-18)12-4-5-13-24-19-9-6-16(2)7-10-19/h6-11,14,18H,3-5,12-13,15,22H2,1-2H3. The van der Waals surface area contributed by atoms with Gasteiger partial charge in [-0.1, -0.05) is 24.6 Å². The van der Waals surface area contributed by atoms with Gasteiger partial charge in [-0.15, -0.1) is 0 Å². The first-order valence-electron chi connectivity index (χ1n) is 9.16. The van der Waals surface area contributed by atoms with E-state index >= 15 is 0 Å². The van der Waals surface area contributed by atoms with Gasteiger partial charge in [0.25, 0.3) is 0 Å². The number of hydrogen-bond acceptors (Lipinski definition) is 4. The van der Waals surface area contributed by atoms with E-state index in [0.717, 1.165) is 61.8 Å². The first-order chi connectivity index (χ1) is 12.2. The van der Waals surface area contributed by atoms with Crippen molar-refractivity contribution in [2.75, 3.05) is 30.3 Å². The highest BCUT2D eigenvalue weighted by atomic mass is 16.5. The molecule has 134 valence electrons. The lowest BCUT2D eigenvalue weighted by atomic mass is 10.1. The van der Waals surface area contributed by atoms with Crippen molar-refractivity contribution >= 4 is 11.4 Å². The molecule has 2 aromatic rings. The van der Waals surface area contributed by atoms with Crippen molar-refractivity contribution < 1.29 is 9.47 Å². The van der Waals surface area contributed by atoms with Crippen LogP contribution in [-0.4, -0.2) is 25.8 Å². The van der Waals surface area contributed by atoms with Gasteiger partial charge in [-0.3, -0.25) is 0 Å². The Morgan fingerprint density at radius 2 is 1.96 bits per heavy atom. The van der Waals surface area contributed by atoms with Crippen molar-refractivity contribution in [1.82, 2.24) is 0 Å². The van der Waals surface area contributed by atoms with Crippen molar-refractivity contribution in [3.63, 3.8) is 0 Å². The second-order valence-corrected chi connectivity index (χ2v) is 6.69. The molecule has 25 heavy (non-hydrogen) atoms. The van der Waals surface area contributed by atoms with E-state index in [1.54, 1.807) is 0 Å². The molecule has 0 aliphatic carbocycles. The first-order valence-corrected chi connectivity index (χ1v) is 9.16. The molecule has 1 aliphatic heterocycles. The van der Waals surface area contributed by atoms with E-state index in [0.29, 0.717) is 0 Å². The molecule has 1 atom stereocenters. The molecule has 0 radical (unpaired) electrons. The summed E-state index contributed by atoms with van der Waals surface area (Å²) >= 11 is 0. The molecule has 0 spiro atoms. The summed E-state index contributed by atoms with van der Waals surface area (Å²) in [6, 6.07) is 14.1. The number of rotatable bonds is 7. The highest BCUT2D eigenvalue weighted by Crippen LogP contribution is 2.35. The zero-order chi connectivity index (χ0) is 17.6. The summed E-state index contributed by atoms with van der Waals surface area (Å²) in [7, 11) is 0. The zero-order valence-electron chi connectivity index (χ0n) is 15.2. The molecule has 0 bridgehead atoms. The normalized spacial score (nSPS) is 16.2. The van der Waals surface area contributed by atoms with Crippen LogP contribution in [-0.2, 0) is 0 Å². The second kappa shape index (κ2) is 8.15. The molecule has 1 unspecified atom stereocenters. The average Bonchev–Trinajstić information content (AvgIpc) is 2.63. The maximum Gasteiger partial charge on any atom is 0.143 e. The molecular formula is C21H28N2O2. The van der Waals surface area contributed by atoms with Gasteiger partial charge >= 0.3 is 0 Å². The van der Waals surface area contributed by atoms with Crippen LogP contribution in [0.5, 0.6) is 11.5 Å². The molecule has 0 amide bonds. The largest absolute Gasteiger partial charge is 0.494 e. The van der Waals surface area contributed by atoms with Gasteiger partial charge < -0.3 is 20.1 Å². The van der Waals surface area contributed by atoms with Crippen molar-refractivity contribution in [2.45, 2.75) is 39.2 Å². The SMILES string of the molecule is CCC1CN(CCCCOc2ccc(C)cc2)c2cc(N)ccc2O1. The lowest BCUT2D eigenvalue weighted by Crippen LogP contribution is -2.40. The molecule has 0 fully saturated rings. The number of ether oxygens (including phenoxy) is 2. The maximum atomic E-state index is 6.04. The number of nitrogens with two attached hydrogens (primary N) is 1. The Balaban J connectivity index is 1.50. The van der Waals surface area contributed by atoms with Crippen LogP contribution in [0.25, 0.3) is 0 Å². The van der Waals surface area contributed by atoms with Crippen LogP contribution in [0.4, 0.5) is 11.4 Å². The molecule has 0 aromatic heterocycles. The second-order valence-electron chi connectivity index (χ2n) is 6.69. The van der Waals surface area contributed by atoms with Gasteiger partial charge in [-0.05, 0) is 56.5 Å². The van der Waals surface area contributed by atoms with Crippen LogP contribution in [0.3, 0.4) is 0 Å². The van der Waals surface area contributed by atoms with Crippen LogP contribution in [0.2, 0.25) is 0 Å². The number of benzene rings is 2. The topological polar surface area (TPSA) is 47.7 Å². The predicted molar refractivity (Wildman–Crippen MR) is 104 cm³/mol. The zero-order valence-corrected chi connectivity index (χ0v) is 15.2. The molecule has 4 nitrogen and oxygen atoms in total. The van der Waals surface area contributed by atoms with Gasteiger partial charge in [0.2, 0.25) is 0 Å². The summed E-state index contributed by atoms with van der Waals surface area (Å²) in [5, 5.41) is 0. The molecule has 1 aliphatic rings. The number of fused-ring (bicyclic) bond motifs is 1. The Labute approximate surface area is 150 Å². The third-order valence-corrected chi connectivity index (χ3v) is 4.61. The van der Waals surface area contributed by atoms with Crippen molar-refractivity contribution in [3.8, 4) is 11.5 Å². The fraction of sp³-hybridized carbons (Fsp3) is 0.429. The Morgan fingerprint density at radius 1 is 1.16 bits per heavy atom. The highest BCUT2D eigenvalue weighted by molar-refractivity contribution is 5.66. The number of unbranched alkanes of at least 4 members (excludes halogenated alkanes) is 1. The average molecular weight is 340 g/mol. The molecule has 4 heteroatoms. The van der Waals surface area contributed by atoms with Crippen LogP contribution in [0.15, 0.2) is 42.5 Å². The third-order valence-electron chi connectivity index (χ3n) is 4.61. The monoisotopic (exact) mass is 340 g/mol. The summed E-state index contributed by atoms with van der Waals surface area (Å²) in [6.45, 7) is 6.91. The molecule has 0 saturated carbocycles. The first kappa shape index (κ1) is 17.5. The molecule has 2 N–H and O–H groups in total. The van der Waals surface area contributed by atoms with Gasteiger partial charge in [-0.2, -0.15) is 0 Å². The van der Waals surface area contributed by atoms with E-state index in [4.69, 9.17) is 15.2 Å². The van der Waals surface area contributed by atoms with E-state index in [1.807, 2.05) is 30.3 Å². The Bertz CT molecular complexity index is 685. The van der Waals surface area contributed by atoms with Crippen molar-refractivity contribution in [1.29, 1.82) is 0 Å². The minimum Gasteiger partial charge on any atom is -0.494 e. The molecular weight excluding hydrogens is 312 g/mol. The predicted octanol–water partition coefficient (Wildman–Crippen LogP) is 4.41. The number of nitrogens with zero attached hydrogens (tertiary/aromatic N) is 1. The lowest BCUT2D eigenvalue weighted by molar-refractivity contribution is 0.188. The van der Waals surface area contributed by atoms with Crippen molar-refractivity contribution in [2.24, 2.45) is 0 Å². The van der Waals surface area contributed by atoms with Gasteiger partial charge in [0, 0.05) is 12.2 Å². The molecule has 1 heterocycles. The molecule has 0 saturated heterocycles. The van der Waals surface area contributed by atoms with Gasteiger partial charge in [-0.25, -0.2) is 0 Å². The fourth-order valence-corrected chi connectivity index (χ4v) is 3.10. The summed E-state index contributed by atoms with van der Waals surface area (Å²) in [6.07, 6.45) is 3.37. The Hall–Kier alpha value is -2.36. The number of anilines is 2. The minimum atomic E-state index is 0.250. The smallest absolute Gasteiger partial charge is 0.143 e. The van der Waals surface area contributed by atoms with E-state index in [2.05, 4.69) is 30.9 Å². The Morgan fingerprint density at radius 3 is 2.72 bits per heavy atom. The summed E-state index contributed by atoms with van der Waals surface area (Å²) in [5.74, 6) is 1.89. The van der Waals surface area contributed by atoms with E-state index in [9.17, 15) is 0 Å². The third kappa shape index (κ3) is 4.59. The van der Waals surface area contributed by atoms with Gasteiger partial charge in [0.15, 0.2) is 0 Å². The summed E-state index contributed by atoms with van der Waals surface area (Å²) in [5.41, 5.74) is 9.11. The van der Waals surface area contributed by atoms with Crippen molar-refractivity contribution in [3.05, 3.63) is 48.0 Å². The highest BCUT2D eigenvalue weighted by Gasteiger charge is 2.24. The van der Waals surface area contributed by atoms with Crippen LogP contribution in [0.1, 0.15) is 31.7 Å². The summed E-state index contributed by atoms with van der Waals surface area (Å²) in [4.78, 5) is 2.40. The van der Waals surface area contributed by atoms with Gasteiger partial charge in [0.05, 0.1) is 18.8 Å². The maximum absolute atomic E-state index is 6.04. The quantitative estimate of drug-likeness (QED) is 0.599. The molecule has 2 aromatic carbocycles. The minimum absolute atomic E-state index is 0.250. The molecule has 3 rings (SSSR count). The van der Waals surface area contributed by atoms with Crippen LogP contribution in [0, 0.1) is 6.92 Å². The van der Waals surface area contributed by atoms with E-state index < -0.39 is 0 Å². The van der Waals surface area contributed by atoms with Crippen LogP contribution >= 0.6 is 0 Å². The van der Waals surface area contributed by atoms with E-state index in [1.165, 1.54) is 5.56 Å². The lowest BCUT2D eigenvalue weighted by Gasteiger charge is -2.36. The Kier molecular flexibility index (Phi) is 5.69. The number of aryl methyl sites for hydroxylation is 1. The van der Waals surface area contributed by atoms with E-state index in [-0.39, 0.29) is 6.10 Å². The fourth-order valence-electron chi connectivity index (χ4n) is 3.10. The van der Waals surface area contributed by atoms with Gasteiger partial charge in [0.1, 0.15) is 17.6 Å². The number of nitrogen functional groups attached to an aromatic ring is 1. The van der Waals surface area contributed by atoms with Crippen LogP contribution < -0.4 is 20.1 Å².